The first-order valence-corrected chi connectivity index (χ1v) is 8.97. The molecule has 2 aromatic heterocycles. The fourth-order valence-electron chi connectivity index (χ4n) is 3.33. The number of nitrogens with zero attached hydrogens (tertiary/aromatic N) is 3. The van der Waals surface area contributed by atoms with E-state index in [1.54, 1.807) is 24.5 Å². The highest BCUT2D eigenvalue weighted by molar-refractivity contribution is 6.30. The first kappa shape index (κ1) is 17.0. The van der Waals surface area contributed by atoms with E-state index < -0.39 is 0 Å². The topological polar surface area (TPSA) is 80.2 Å². The molecule has 3 aromatic rings. The zero-order chi connectivity index (χ0) is 18.1. The van der Waals surface area contributed by atoms with Crippen LogP contribution in [0.1, 0.15) is 19.8 Å². The van der Waals surface area contributed by atoms with Gasteiger partial charge < -0.3 is 15.2 Å². The Morgan fingerprint density at radius 3 is 2.92 bits per heavy atom. The zero-order valence-electron chi connectivity index (χ0n) is 14.3. The van der Waals surface area contributed by atoms with E-state index in [4.69, 9.17) is 16.3 Å². The van der Waals surface area contributed by atoms with Gasteiger partial charge in [0.15, 0.2) is 5.82 Å². The minimum Gasteiger partial charge on any atom is -0.507 e. The quantitative estimate of drug-likeness (QED) is 0.724. The molecule has 1 aliphatic heterocycles. The predicted octanol–water partition coefficient (Wildman–Crippen LogP) is 4.03. The maximum absolute atomic E-state index is 10.3. The highest BCUT2D eigenvalue weighted by atomic mass is 35.5. The van der Waals surface area contributed by atoms with Gasteiger partial charge >= 0.3 is 0 Å². The number of nitrogens with one attached hydrogen (secondary N) is 1. The van der Waals surface area contributed by atoms with Crippen molar-refractivity contribution in [3.63, 3.8) is 0 Å². The molecular formula is C19H19ClN4O2. The van der Waals surface area contributed by atoms with E-state index in [1.165, 1.54) is 6.07 Å². The third kappa shape index (κ3) is 3.30. The molecule has 1 saturated heterocycles. The number of hydrogen-bond donors (Lipinski definition) is 2. The number of phenols is 1. The van der Waals surface area contributed by atoms with E-state index in [2.05, 4.69) is 27.4 Å². The second-order valence-corrected chi connectivity index (χ2v) is 6.96. The molecule has 2 N–H and O–H groups in total. The van der Waals surface area contributed by atoms with E-state index in [-0.39, 0.29) is 17.9 Å². The number of hydrogen-bond acceptors (Lipinski definition) is 6. The van der Waals surface area contributed by atoms with Crippen molar-refractivity contribution >= 4 is 28.2 Å². The SMILES string of the molecule is CC1CC(Nc2nnc(-c3ccc(Cl)cc3O)c3ccncc23)CCO1. The monoisotopic (exact) mass is 370 g/mol. The Morgan fingerprint density at radius 1 is 1.23 bits per heavy atom. The van der Waals surface area contributed by atoms with Crippen LogP contribution < -0.4 is 5.32 Å². The van der Waals surface area contributed by atoms with Gasteiger partial charge in [-0.2, -0.15) is 0 Å². The summed E-state index contributed by atoms with van der Waals surface area (Å²) >= 11 is 5.94. The number of anilines is 1. The summed E-state index contributed by atoms with van der Waals surface area (Å²) in [6.07, 6.45) is 5.55. The molecule has 0 spiro atoms. The summed E-state index contributed by atoms with van der Waals surface area (Å²) < 4.78 is 5.61. The van der Waals surface area contributed by atoms with Crippen LogP contribution in [0.15, 0.2) is 36.7 Å². The van der Waals surface area contributed by atoms with Gasteiger partial charge in [-0.15, -0.1) is 10.2 Å². The fourth-order valence-corrected chi connectivity index (χ4v) is 3.50. The Balaban J connectivity index is 1.76. The Morgan fingerprint density at radius 2 is 2.12 bits per heavy atom. The highest BCUT2D eigenvalue weighted by Gasteiger charge is 2.21. The third-order valence-corrected chi connectivity index (χ3v) is 4.86. The van der Waals surface area contributed by atoms with Gasteiger partial charge in [0.1, 0.15) is 11.4 Å². The summed E-state index contributed by atoms with van der Waals surface area (Å²) in [4.78, 5) is 4.24. The Labute approximate surface area is 156 Å². The second kappa shape index (κ2) is 7.05. The lowest BCUT2D eigenvalue weighted by atomic mass is 10.0. The molecule has 26 heavy (non-hydrogen) atoms. The van der Waals surface area contributed by atoms with E-state index in [9.17, 15) is 5.11 Å². The van der Waals surface area contributed by atoms with Crippen molar-refractivity contribution in [2.45, 2.75) is 31.9 Å². The Bertz CT molecular complexity index is 950. The van der Waals surface area contributed by atoms with Gasteiger partial charge in [0.2, 0.25) is 0 Å². The minimum atomic E-state index is 0.0730. The van der Waals surface area contributed by atoms with Crippen molar-refractivity contribution in [2.75, 3.05) is 11.9 Å². The molecule has 4 rings (SSSR count). The van der Waals surface area contributed by atoms with Crippen LogP contribution in [0.5, 0.6) is 5.75 Å². The van der Waals surface area contributed by atoms with Crippen LogP contribution in [0, 0.1) is 0 Å². The van der Waals surface area contributed by atoms with Gasteiger partial charge in [-0.05, 0) is 44.0 Å². The molecule has 1 fully saturated rings. The largest absolute Gasteiger partial charge is 0.507 e. The molecule has 0 radical (unpaired) electrons. The first-order valence-electron chi connectivity index (χ1n) is 8.59. The van der Waals surface area contributed by atoms with Gasteiger partial charge in [-0.1, -0.05) is 11.6 Å². The molecule has 0 saturated carbocycles. The predicted molar refractivity (Wildman–Crippen MR) is 102 cm³/mol. The maximum Gasteiger partial charge on any atom is 0.158 e. The third-order valence-electron chi connectivity index (χ3n) is 4.62. The lowest BCUT2D eigenvalue weighted by Gasteiger charge is -2.28. The van der Waals surface area contributed by atoms with Gasteiger partial charge in [0.05, 0.1) is 6.10 Å². The molecule has 1 aromatic carbocycles. The number of pyridine rings is 1. The Hall–Kier alpha value is -2.44. The fraction of sp³-hybridized carbons (Fsp3) is 0.316. The number of aromatic nitrogens is 3. The second-order valence-electron chi connectivity index (χ2n) is 6.53. The number of aromatic hydroxyl groups is 1. The van der Waals surface area contributed by atoms with Crippen molar-refractivity contribution in [1.82, 2.24) is 15.2 Å². The minimum absolute atomic E-state index is 0.0730. The van der Waals surface area contributed by atoms with E-state index in [1.807, 2.05) is 6.07 Å². The normalized spacial score (nSPS) is 20.2. The molecule has 0 amide bonds. The number of fused-ring (bicyclic) bond motifs is 1. The van der Waals surface area contributed by atoms with Gasteiger partial charge in [-0.3, -0.25) is 4.98 Å². The van der Waals surface area contributed by atoms with Crippen molar-refractivity contribution in [3.05, 3.63) is 41.7 Å². The number of halogens is 1. The van der Waals surface area contributed by atoms with Crippen LogP contribution in [0.4, 0.5) is 5.82 Å². The summed E-state index contributed by atoms with van der Waals surface area (Å²) in [5, 5.41) is 24.7. The van der Waals surface area contributed by atoms with Crippen molar-refractivity contribution in [2.24, 2.45) is 0 Å². The molecule has 0 aliphatic carbocycles. The lowest BCUT2D eigenvalue weighted by molar-refractivity contribution is 0.0232. The lowest BCUT2D eigenvalue weighted by Crippen LogP contribution is -2.32. The Kier molecular flexibility index (Phi) is 4.61. The van der Waals surface area contributed by atoms with Gasteiger partial charge in [0, 0.05) is 46.4 Å². The summed E-state index contributed by atoms with van der Waals surface area (Å²) in [5.74, 6) is 0.772. The number of ether oxygens (including phenoxy) is 1. The van der Waals surface area contributed by atoms with Crippen LogP contribution in [0.25, 0.3) is 22.0 Å². The number of benzene rings is 1. The smallest absolute Gasteiger partial charge is 0.158 e. The van der Waals surface area contributed by atoms with Gasteiger partial charge in [-0.25, -0.2) is 0 Å². The van der Waals surface area contributed by atoms with Crippen LogP contribution in [-0.2, 0) is 4.74 Å². The molecular weight excluding hydrogens is 352 g/mol. The molecule has 6 nitrogen and oxygen atoms in total. The first-order chi connectivity index (χ1) is 12.6. The average molecular weight is 371 g/mol. The number of phenolic OH excluding ortho intramolecular Hbond substituents is 1. The molecule has 2 unspecified atom stereocenters. The standard InChI is InChI=1S/C19H19ClN4O2/c1-11-8-13(5-7-26-11)22-19-16-10-21-6-4-14(16)18(23-24-19)15-3-2-12(20)9-17(15)25/h2-4,6,9-11,13,25H,5,7-8H2,1H3,(H,22,24). The van der Waals surface area contributed by atoms with Crippen LogP contribution in [-0.4, -0.2) is 39.0 Å². The van der Waals surface area contributed by atoms with Gasteiger partial charge in [0.25, 0.3) is 0 Å². The number of rotatable bonds is 3. The molecule has 3 heterocycles. The summed E-state index contributed by atoms with van der Waals surface area (Å²) in [6, 6.07) is 7.13. The van der Waals surface area contributed by atoms with Crippen LogP contribution >= 0.6 is 11.6 Å². The van der Waals surface area contributed by atoms with E-state index in [0.29, 0.717) is 22.1 Å². The summed E-state index contributed by atoms with van der Waals surface area (Å²) in [7, 11) is 0. The molecule has 1 aliphatic rings. The summed E-state index contributed by atoms with van der Waals surface area (Å²) in [6.45, 7) is 2.81. The molecule has 2 atom stereocenters. The molecule has 7 heteroatoms. The average Bonchev–Trinajstić information content (AvgIpc) is 2.63. The summed E-state index contributed by atoms with van der Waals surface area (Å²) in [5.41, 5.74) is 1.19. The van der Waals surface area contributed by atoms with Crippen LogP contribution in [0.2, 0.25) is 5.02 Å². The van der Waals surface area contributed by atoms with E-state index in [0.717, 1.165) is 30.2 Å². The van der Waals surface area contributed by atoms with Crippen molar-refractivity contribution < 1.29 is 9.84 Å². The zero-order valence-corrected chi connectivity index (χ0v) is 15.1. The van der Waals surface area contributed by atoms with Crippen LogP contribution in [0.3, 0.4) is 0 Å². The highest BCUT2D eigenvalue weighted by Crippen LogP contribution is 2.35. The van der Waals surface area contributed by atoms with E-state index >= 15 is 0 Å². The van der Waals surface area contributed by atoms with Crippen molar-refractivity contribution in [1.29, 1.82) is 0 Å². The maximum atomic E-state index is 10.3. The van der Waals surface area contributed by atoms with Crippen molar-refractivity contribution in [3.8, 4) is 17.0 Å². The molecule has 0 bridgehead atoms. The molecule has 134 valence electrons.